The van der Waals surface area contributed by atoms with Crippen molar-refractivity contribution in [2.24, 2.45) is 0 Å². The normalized spacial score (nSPS) is 16.6. The van der Waals surface area contributed by atoms with Crippen LogP contribution in [0.5, 0.6) is 0 Å². The summed E-state index contributed by atoms with van der Waals surface area (Å²) in [5.74, 6) is -0.554. The number of rotatable bonds is 6. The maximum atomic E-state index is 12.9. The van der Waals surface area contributed by atoms with E-state index in [0.29, 0.717) is 17.8 Å². The van der Waals surface area contributed by atoms with Crippen LogP contribution in [0.1, 0.15) is 40.0 Å². The van der Waals surface area contributed by atoms with E-state index < -0.39 is 22.0 Å². The van der Waals surface area contributed by atoms with Crippen LogP contribution < -0.4 is 10.0 Å². The van der Waals surface area contributed by atoms with E-state index >= 15 is 0 Å². The van der Waals surface area contributed by atoms with E-state index in [1.165, 1.54) is 6.07 Å². The molecule has 3 aromatic rings. The van der Waals surface area contributed by atoms with Gasteiger partial charge in [-0.05, 0) is 30.2 Å². The third kappa shape index (κ3) is 3.94. The molecule has 2 N–H and O–H groups in total. The number of carbonyl (C=O) groups is 1. The maximum absolute atomic E-state index is 12.9. The minimum atomic E-state index is -3.78. The molecule has 0 spiro atoms. The molecule has 6 nitrogen and oxygen atoms in total. The molecule has 1 heterocycles. The number of nitrogens with one attached hydrogen (secondary N) is 2. The molecule has 3 aromatic carbocycles. The summed E-state index contributed by atoms with van der Waals surface area (Å²) in [6.45, 7) is 2.41. The summed E-state index contributed by atoms with van der Waals surface area (Å²) in [5, 5.41) is 3.32. The highest BCUT2D eigenvalue weighted by atomic mass is 32.2. The zero-order chi connectivity index (χ0) is 21.1. The van der Waals surface area contributed by atoms with Crippen LogP contribution in [0.3, 0.4) is 0 Å². The maximum Gasteiger partial charge on any atom is 0.338 e. The summed E-state index contributed by atoms with van der Waals surface area (Å²) in [7, 11) is -3.78. The second-order valence-electron chi connectivity index (χ2n) is 6.96. The number of ether oxygens (including phenoxy) is 1. The quantitative estimate of drug-likeness (QED) is 0.590. The Morgan fingerprint density at radius 3 is 2.37 bits per heavy atom. The van der Waals surface area contributed by atoms with Crippen molar-refractivity contribution in [3.63, 3.8) is 0 Å². The molecule has 1 unspecified atom stereocenters. The predicted molar refractivity (Wildman–Crippen MR) is 115 cm³/mol. The van der Waals surface area contributed by atoms with Gasteiger partial charge in [0.2, 0.25) is 10.0 Å². The summed E-state index contributed by atoms with van der Waals surface area (Å²) >= 11 is 0. The molecule has 154 valence electrons. The van der Waals surface area contributed by atoms with E-state index in [1.807, 2.05) is 60.7 Å². The molecule has 7 heteroatoms. The predicted octanol–water partition coefficient (Wildman–Crippen LogP) is 3.86. The van der Waals surface area contributed by atoms with E-state index in [1.54, 1.807) is 13.0 Å². The van der Waals surface area contributed by atoms with Gasteiger partial charge in [-0.1, -0.05) is 60.7 Å². The van der Waals surface area contributed by atoms with Crippen LogP contribution in [0.25, 0.3) is 0 Å². The molecule has 0 aliphatic carbocycles. The molecular formula is C23H22N2O4S. The van der Waals surface area contributed by atoms with Crippen LogP contribution in [0.15, 0.2) is 77.7 Å². The summed E-state index contributed by atoms with van der Waals surface area (Å²) in [6, 6.07) is 21.7. The lowest BCUT2D eigenvalue weighted by molar-refractivity contribution is 0.0526. The minimum Gasteiger partial charge on any atom is -0.462 e. The lowest BCUT2D eigenvalue weighted by atomic mass is 9.96. The molecule has 0 saturated carbocycles. The topological polar surface area (TPSA) is 84.5 Å². The smallest absolute Gasteiger partial charge is 0.338 e. The Bertz CT molecular complexity index is 1160. The van der Waals surface area contributed by atoms with Gasteiger partial charge < -0.3 is 10.1 Å². The fourth-order valence-electron chi connectivity index (χ4n) is 3.58. The SMILES string of the molecule is CCOC(=O)c1cc(NCc2ccccc2)c2c(c1)S(=O)(=O)NC2c1ccccc1. The van der Waals surface area contributed by atoms with Gasteiger partial charge in [0.25, 0.3) is 0 Å². The zero-order valence-corrected chi connectivity index (χ0v) is 17.3. The standard InChI is InChI=1S/C23H22N2O4S/c1-2-29-23(26)18-13-19(24-15-16-9-5-3-6-10-16)21-20(14-18)30(27,28)25-22(21)17-11-7-4-8-12-17/h3-14,22,24-25H,2,15H2,1H3. The van der Waals surface area contributed by atoms with Gasteiger partial charge in [0, 0.05) is 17.8 Å². The van der Waals surface area contributed by atoms with Crippen molar-refractivity contribution in [1.82, 2.24) is 4.72 Å². The highest BCUT2D eigenvalue weighted by Crippen LogP contribution is 2.41. The first-order chi connectivity index (χ1) is 14.5. The van der Waals surface area contributed by atoms with Crippen LogP contribution in [0.2, 0.25) is 0 Å². The van der Waals surface area contributed by atoms with Crippen LogP contribution in [-0.4, -0.2) is 21.0 Å². The van der Waals surface area contributed by atoms with Gasteiger partial charge in [-0.3, -0.25) is 0 Å². The van der Waals surface area contributed by atoms with E-state index in [0.717, 1.165) is 11.1 Å². The van der Waals surface area contributed by atoms with Gasteiger partial charge in [0.15, 0.2) is 0 Å². The van der Waals surface area contributed by atoms with Gasteiger partial charge in [0.05, 0.1) is 23.1 Å². The van der Waals surface area contributed by atoms with E-state index in [9.17, 15) is 13.2 Å². The van der Waals surface area contributed by atoms with Gasteiger partial charge in [-0.25, -0.2) is 13.2 Å². The molecule has 30 heavy (non-hydrogen) atoms. The molecule has 4 rings (SSSR count). The third-order valence-electron chi connectivity index (χ3n) is 4.96. The Kier molecular flexibility index (Phi) is 5.57. The van der Waals surface area contributed by atoms with Crippen molar-refractivity contribution in [2.75, 3.05) is 11.9 Å². The highest BCUT2D eigenvalue weighted by Gasteiger charge is 2.38. The molecule has 0 bridgehead atoms. The van der Waals surface area contributed by atoms with Crippen molar-refractivity contribution < 1.29 is 17.9 Å². The average molecular weight is 423 g/mol. The Hall–Kier alpha value is -3.16. The Balaban J connectivity index is 1.83. The molecule has 1 aliphatic heterocycles. The largest absolute Gasteiger partial charge is 0.462 e. The van der Waals surface area contributed by atoms with E-state index in [-0.39, 0.29) is 17.1 Å². The lowest BCUT2D eigenvalue weighted by Crippen LogP contribution is -2.20. The van der Waals surface area contributed by atoms with Gasteiger partial charge in [0.1, 0.15) is 0 Å². The third-order valence-corrected chi connectivity index (χ3v) is 6.43. The molecule has 1 aliphatic rings. The number of benzene rings is 3. The molecular weight excluding hydrogens is 400 g/mol. The first-order valence-electron chi connectivity index (χ1n) is 9.69. The molecule has 0 fully saturated rings. The van der Waals surface area contributed by atoms with E-state index in [2.05, 4.69) is 10.0 Å². The van der Waals surface area contributed by atoms with Crippen LogP contribution in [0, 0.1) is 0 Å². The van der Waals surface area contributed by atoms with Crippen LogP contribution in [0.4, 0.5) is 5.69 Å². The Morgan fingerprint density at radius 2 is 1.70 bits per heavy atom. The Morgan fingerprint density at radius 1 is 1.03 bits per heavy atom. The number of fused-ring (bicyclic) bond motifs is 1. The first kappa shape index (κ1) is 20.1. The van der Waals surface area contributed by atoms with Crippen molar-refractivity contribution >= 4 is 21.7 Å². The fraction of sp³-hybridized carbons (Fsp3) is 0.174. The second-order valence-corrected chi connectivity index (χ2v) is 8.64. The van der Waals surface area contributed by atoms with E-state index in [4.69, 9.17) is 4.74 Å². The molecule has 1 atom stereocenters. The number of carbonyl (C=O) groups excluding carboxylic acids is 1. The fourth-order valence-corrected chi connectivity index (χ4v) is 5.07. The Labute approximate surface area is 176 Å². The number of sulfonamides is 1. The minimum absolute atomic E-state index is 0.0949. The molecule has 0 amide bonds. The second kappa shape index (κ2) is 8.30. The van der Waals surface area contributed by atoms with Gasteiger partial charge in [-0.2, -0.15) is 4.72 Å². The van der Waals surface area contributed by atoms with Crippen LogP contribution in [-0.2, 0) is 21.3 Å². The monoisotopic (exact) mass is 422 g/mol. The van der Waals surface area contributed by atoms with Crippen molar-refractivity contribution in [3.05, 3.63) is 95.1 Å². The van der Waals surface area contributed by atoms with Crippen molar-refractivity contribution in [1.29, 1.82) is 0 Å². The summed E-state index contributed by atoms with van der Waals surface area (Å²) < 4.78 is 33.6. The van der Waals surface area contributed by atoms with Crippen molar-refractivity contribution in [2.45, 2.75) is 24.4 Å². The highest BCUT2D eigenvalue weighted by molar-refractivity contribution is 7.89. The molecule has 0 radical (unpaired) electrons. The van der Waals surface area contributed by atoms with Crippen LogP contribution >= 0.6 is 0 Å². The van der Waals surface area contributed by atoms with Gasteiger partial charge in [-0.15, -0.1) is 0 Å². The van der Waals surface area contributed by atoms with Crippen molar-refractivity contribution in [3.8, 4) is 0 Å². The van der Waals surface area contributed by atoms with Gasteiger partial charge >= 0.3 is 5.97 Å². The summed E-state index contributed by atoms with van der Waals surface area (Å²) in [5.41, 5.74) is 3.25. The molecule has 0 saturated heterocycles. The number of hydrogen-bond acceptors (Lipinski definition) is 5. The average Bonchev–Trinajstić information content (AvgIpc) is 3.04. The number of esters is 1. The number of hydrogen-bond donors (Lipinski definition) is 2. The lowest BCUT2D eigenvalue weighted by Gasteiger charge is -2.17. The molecule has 0 aromatic heterocycles. The summed E-state index contributed by atoms with van der Waals surface area (Å²) in [4.78, 5) is 12.5. The number of anilines is 1. The summed E-state index contributed by atoms with van der Waals surface area (Å²) in [6.07, 6.45) is 0. The first-order valence-corrected chi connectivity index (χ1v) is 11.2. The zero-order valence-electron chi connectivity index (χ0n) is 16.5.